The lowest BCUT2D eigenvalue weighted by molar-refractivity contribution is -0.115. The van der Waals surface area contributed by atoms with Crippen molar-refractivity contribution in [3.05, 3.63) is 34.2 Å². The van der Waals surface area contributed by atoms with Crippen LogP contribution in [0.4, 0.5) is 0 Å². The van der Waals surface area contributed by atoms with Gasteiger partial charge in [-0.1, -0.05) is 35.6 Å². The first-order chi connectivity index (χ1) is 8.10. The second kappa shape index (κ2) is 4.89. The first-order valence-electron chi connectivity index (χ1n) is 4.99. The van der Waals surface area contributed by atoms with Gasteiger partial charge in [0.2, 0.25) is 0 Å². The van der Waals surface area contributed by atoms with Gasteiger partial charge in [-0.15, -0.1) is 0 Å². The summed E-state index contributed by atoms with van der Waals surface area (Å²) in [6.07, 6.45) is 1.80. The number of ether oxygens (including phenoxy) is 1. The molecule has 0 bridgehead atoms. The highest BCUT2D eigenvalue weighted by atomic mass is 32.2. The van der Waals surface area contributed by atoms with Crippen molar-refractivity contribution in [3.63, 3.8) is 0 Å². The number of thioether (sulfide) groups is 1. The number of aryl methyl sites for hydroxylation is 1. The molecule has 1 aromatic carbocycles. The van der Waals surface area contributed by atoms with Crippen molar-refractivity contribution in [3.8, 4) is 5.75 Å². The van der Waals surface area contributed by atoms with Gasteiger partial charge in [-0.2, -0.15) is 0 Å². The lowest BCUT2D eigenvalue weighted by Crippen LogP contribution is -2.17. The number of benzene rings is 1. The van der Waals surface area contributed by atoms with Gasteiger partial charge < -0.3 is 10.1 Å². The molecule has 1 heterocycles. The van der Waals surface area contributed by atoms with Gasteiger partial charge >= 0.3 is 0 Å². The van der Waals surface area contributed by atoms with Crippen LogP contribution in [0.5, 0.6) is 5.75 Å². The number of thiocarbonyl (C=S) groups is 1. The Morgan fingerprint density at radius 2 is 2.24 bits per heavy atom. The fraction of sp³-hybridized carbons (Fsp3) is 0.167. The van der Waals surface area contributed by atoms with E-state index in [4.69, 9.17) is 17.0 Å². The van der Waals surface area contributed by atoms with E-state index < -0.39 is 0 Å². The maximum atomic E-state index is 11.5. The Labute approximate surface area is 109 Å². The normalized spacial score (nSPS) is 17.4. The van der Waals surface area contributed by atoms with E-state index in [0.29, 0.717) is 9.23 Å². The van der Waals surface area contributed by atoms with Crippen molar-refractivity contribution < 1.29 is 9.53 Å². The molecule has 1 aromatic rings. The highest BCUT2D eigenvalue weighted by molar-refractivity contribution is 8.26. The smallest absolute Gasteiger partial charge is 0.263 e. The summed E-state index contributed by atoms with van der Waals surface area (Å²) in [5.74, 6) is 0.595. The van der Waals surface area contributed by atoms with Gasteiger partial charge in [0.15, 0.2) is 0 Å². The zero-order chi connectivity index (χ0) is 12.4. The molecule has 0 radical (unpaired) electrons. The molecular formula is C12H11NO2S2. The van der Waals surface area contributed by atoms with Crippen LogP contribution in [0.25, 0.3) is 6.08 Å². The average molecular weight is 265 g/mol. The van der Waals surface area contributed by atoms with Gasteiger partial charge in [0.1, 0.15) is 10.1 Å². The lowest BCUT2D eigenvalue weighted by atomic mass is 10.1. The van der Waals surface area contributed by atoms with Crippen molar-refractivity contribution in [2.45, 2.75) is 6.92 Å². The quantitative estimate of drug-likeness (QED) is 0.658. The third kappa shape index (κ3) is 2.68. The summed E-state index contributed by atoms with van der Waals surface area (Å²) in [4.78, 5) is 12.1. The van der Waals surface area contributed by atoms with Crippen LogP contribution in [-0.4, -0.2) is 17.3 Å². The summed E-state index contributed by atoms with van der Waals surface area (Å²) in [5.41, 5.74) is 2.00. The highest BCUT2D eigenvalue weighted by Crippen LogP contribution is 2.29. The number of methoxy groups -OCH3 is 1. The molecule has 1 saturated heterocycles. The van der Waals surface area contributed by atoms with Crippen LogP contribution >= 0.6 is 24.0 Å². The Morgan fingerprint density at radius 3 is 2.82 bits per heavy atom. The molecule has 1 N–H and O–H groups in total. The van der Waals surface area contributed by atoms with Gasteiger partial charge in [0.05, 0.1) is 12.0 Å². The predicted octanol–water partition coefficient (Wildman–Crippen LogP) is 2.49. The molecule has 1 amide bonds. The molecule has 0 saturated carbocycles. The number of amides is 1. The summed E-state index contributed by atoms with van der Waals surface area (Å²) in [5, 5.41) is 2.59. The molecule has 0 aliphatic carbocycles. The Hall–Kier alpha value is -1.33. The van der Waals surface area contributed by atoms with Gasteiger partial charge in [0, 0.05) is 5.56 Å². The minimum Gasteiger partial charge on any atom is -0.496 e. The number of carbonyl (C=O) groups is 1. The van der Waals surface area contributed by atoms with Crippen LogP contribution in [0.3, 0.4) is 0 Å². The molecule has 5 heteroatoms. The average Bonchev–Trinajstić information content (AvgIpc) is 2.58. The van der Waals surface area contributed by atoms with E-state index in [1.807, 2.05) is 25.1 Å². The van der Waals surface area contributed by atoms with E-state index in [1.165, 1.54) is 11.8 Å². The third-order valence-corrected chi connectivity index (χ3v) is 3.48. The number of rotatable bonds is 2. The Balaban J connectivity index is 2.41. The Bertz CT molecular complexity index is 523. The second-order valence-corrected chi connectivity index (χ2v) is 5.32. The number of carbonyl (C=O) groups excluding carboxylic acids is 1. The van der Waals surface area contributed by atoms with E-state index in [2.05, 4.69) is 5.32 Å². The molecule has 1 aliphatic rings. The number of hydrogen-bond donors (Lipinski definition) is 1. The lowest BCUT2D eigenvalue weighted by Gasteiger charge is -2.05. The van der Waals surface area contributed by atoms with E-state index in [0.717, 1.165) is 16.9 Å². The van der Waals surface area contributed by atoms with Crippen molar-refractivity contribution in [2.24, 2.45) is 0 Å². The van der Waals surface area contributed by atoms with E-state index >= 15 is 0 Å². The third-order valence-electron chi connectivity index (χ3n) is 2.31. The summed E-state index contributed by atoms with van der Waals surface area (Å²) in [6.45, 7) is 1.99. The van der Waals surface area contributed by atoms with Crippen LogP contribution in [-0.2, 0) is 4.79 Å². The van der Waals surface area contributed by atoms with Gasteiger partial charge in [0.25, 0.3) is 5.91 Å². The van der Waals surface area contributed by atoms with Crippen molar-refractivity contribution in [1.82, 2.24) is 5.32 Å². The molecule has 0 atom stereocenters. The van der Waals surface area contributed by atoms with Gasteiger partial charge in [-0.3, -0.25) is 4.79 Å². The van der Waals surface area contributed by atoms with Crippen LogP contribution in [0, 0.1) is 6.92 Å². The zero-order valence-corrected chi connectivity index (χ0v) is 11.1. The second-order valence-electron chi connectivity index (χ2n) is 3.60. The molecule has 0 spiro atoms. The fourth-order valence-corrected chi connectivity index (χ4v) is 2.56. The van der Waals surface area contributed by atoms with Gasteiger partial charge in [-0.25, -0.2) is 0 Å². The monoisotopic (exact) mass is 265 g/mol. The standard InChI is InChI=1S/C12H11NO2S2/c1-7-3-4-9(15-2)8(5-7)6-10-11(14)13-12(16)17-10/h3-6H,1-2H3,(H,13,14,16)/b10-6-. The van der Waals surface area contributed by atoms with Crippen LogP contribution in [0.2, 0.25) is 0 Å². The van der Waals surface area contributed by atoms with E-state index in [1.54, 1.807) is 13.2 Å². The summed E-state index contributed by atoms with van der Waals surface area (Å²) in [6, 6.07) is 5.83. The molecule has 1 fully saturated rings. The van der Waals surface area contributed by atoms with Crippen LogP contribution in [0.1, 0.15) is 11.1 Å². The van der Waals surface area contributed by atoms with E-state index in [9.17, 15) is 4.79 Å². The van der Waals surface area contributed by atoms with Gasteiger partial charge in [-0.05, 0) is 25.1 Å². The highest BCUT2D eigenvalue weighted by Gasteiger charge is 2.22. The first kappa shape index (κ1) is 12.1. The first-order valence-corrected chi connectivity index (χ1v) is 6.22. The molecule has 1 aliphatic heterocycles. The largest absolute Gasteiger partial charge is 0.496 e. The molecule has 88 valence electrons. The molecule has 3 nitrogen and oxygen atoms in total. The topological polar surface area (TPSA) is 38.3 Å². The predicted molar refractivity (Wildman–Crippen MR) is 74.0 cm³/mol. The molecule has 0 aromatic heterocycles. The Morgan fingerprint density at radius 1 is 1.47 bits per heavy atom. The van der Waals surface area contributed by atoms with Crippen molar-refractivity contribution in [2.75, 3.05) is 7.11 Å². The maximum absolute atomic E-state index is 11.5. The molecular weight excluding hydrogens is 254 g/mol. The van der Waals surface area contributed by atoms with Crippen molar-refractivity contribution >= 4 is 40.3 Å². The van der Waals surface area contributed by atoms with Crippen LogP contribution in [0.15, 0.2) is 23.1 Å². The minimum atomic E-state index is -0.149. The molecule has 2 rings (SSSR count). The van der Waals surface area contributed by atoms with E-state index in [-0.39, 0.29) is 5.91 Å². The van der Waals surface area contributed by atoms with Crippen LogP contribution < -0.4 is 10.1 Å². The minimum absolute atomic E-state index is 0.149. The summed E-state index contributed by atoms with van der Waals surface area (Å²) in [7, 11) is 1.61. The number of hydrogen-bond acceptors (Lipinski definition) is 4. The zero-order valence-electron chi connectivity index (χ0n) is 9.44. The number of nitrogens with one attached hydrogen (secondary N) is 1. The van der Waals surface area contributed by atoms with Crippen molar-refractivity contribution in [1.29, 1.82) is 0 Å². The molecule has 0 unspecified atom stereocenters. The maximum Gasteiger partial charge on any atom is 0.263 e. The molecule has 17 heavy (non-hydrogen) atoms. The SMILES string of the molecule is COc1ccc(C)cc1/C=C1\SC(=S)NC1=O. The summed E-state index contributed by atoms with van der Waals surface area (Å²) >= 11 is 6.21. The fourth-order valence-electron chi connectivity index (χ4n) is 1.53. The summed E-state index contributed by atoms with van der Waals surface area (Å²) < 4.78 is 5.75. The Kier molecular flexibility index (Phi) is 3.49.